The van der Waals surface area contributed by atoms with Crippen LogP contribution in [-0.4, -0.2) is 31.5 Å². The number of sulfone groups is 1. The molecule has 1 aliphatic rings. The topological polar surface area (TPSA) is 86.9 Å². The van der Waals surface area contributed by atoms with Gasteiger partial charge in [-0.3, -0.25) is 0 Å². The van der Waals surface area contributed by atoms with E-state index in [1.54, 1.807) is 30.3 Å². The summed E-state index contributed by atoms with van der Waals surface area (Å²) in [6, 6.07) is 16.0. The Balaban J connectivity index is 1.90. The number of benzene rings is 2. The number of nitriles is 1. The molecule has 0 N–H and O–H groups in total. The van der Waals surface area contributed by atoms with E-state index in [0.29, 0.717) is 28.7 Å². The lowest BCUT2D eigenvalue weighted by Gasteiger charge is -2.36. The molecule has 3 aromatic rings. The number of rotatable bonds is 4. The van der Waals surface area contributed by atoms with Gasteiger partial charge in [-0.05, 0) is 49.4 Å². The molecule has 6 nitrogen and oxygen atoms in total. The van der Waals surface area contributed by atoms with Crippen LogP contribution >= 0.6 is 0 Å². The highest BCUT2D eigenvalue weighted by Crippen LogP contribution is 2.36. The largest absolute Gasteiger partial charge is 0.354 e. The summed E-state index contributed by atoms with van der Waals surface area (Å²) in [5.41, 5.74) is 2.44. The first-order valence-electron chi connectivity index (χ1n) is 10.5. The second-order valence-electron chi connectivity index (χ2n) is 8.64. The first kappa shape index (κ1) is 21.3. The highest BCUT2D eigenvalue weighted by Gasteiger charge is 2.36. The zero-order valence-electron chi connectivity index (χ0n) is 18.0. The maximum absolute atomic E-state index is 13.5. The zero-order chi connectivity index (χ0) is 22.2. The Morgan fingerprint density at radius 2 is 1.58 bits per heavy atom. The number of nitrogens with zero attached hydrogens (tertiary/aromatic N) is 4. The van der Waals surface area contributed by atoms with E-state index in [1.165, 1.54) is 0 Å². The van der Waals surface area contributed by atoms with Gasteiger partial charge in [-0.25, -0.2) is 18.4 Å². The molecule has 0 radical (unpaired) electrons. The number of aryl methyl sites for hydroxylation is 1. The minimum atomic E-state index is -3.97. The van der Waals surface area contributed by atoms with E-state index in [-0.39, 0.29) is 10.6 Å². The molecule has 1 fully saturated rings. The van der Waals surface area contributed by atoms with Crippen LogP contribution in [0.3, 0.4) is 0 Å². The van der Waals surface area contributed by atoms with Gasteiger partial charge in [0, 0.05) is 13.1 Å². The summed E-state index contributed by atoms with van der Waals surface area (Å²) >= 11 is 0. The van der Waals surface area contributed by atoms with Crippen LogP contribution in [0.1, 0.15) is 36.8 Å². The molecule has 0 unspecified atom stereocenters. The van der Waals surface area contributed by atoms with Crippen molar-refractivity contribution in [3.63, 3.8) is 0 Å². The van der Waals surface area contributed by atoms with Crippen molar-refractivity contribution in [3.8, 4) is 6.07 Å². The fourth-order valence-corrected chi connectivity index (χ4v) is 5.77. The van der Waals surface area contributed by atoms with E-state index >= 15 is 0 Å². The van der Waals surface area contributed by atoms with E-state index in [0.717, 1.165) is 25.1 Å². The summed E-state index contributed by atoms with van der Waals surface area (Å²) in [6.45, 7) is 7.77. The molecule has 1 aliphatic heterocycles. The summed E-state index contributed by atoms with van der Waals surface area (Å²) < 4.78 is 26.9. The first-order valence-corrected chi connectivity index (χ1v) is 12.1. The Morgan fingerprint density at radius 3 is 2.16 bits per heavy atom. The molecule has 160 valence electrons. The number of hydrogen-bond donors (Lipinski definition) is 0. The van der Waals surface area contributed by atoms with Crippen molar-refractivity contribution in [1.29, 1.82) is 5.26 Å². The first-order chi connectivity index (χ1) is 14.8. The van der Waals surface area contributed by atoms with Crippen molar-refractivity contribution in [1.82, 2.24) is 9.97 Å². The zero-order valence-corrected chi connectivity index (χ0v) is 18.8. The molecular weight excluding hydrogens is 408 g/mol. The van der Waals surface area contributed by atoms with Crippen molar-refractivity contribution in [2.45, 2.75) is 37.3 Å². The molecule has 0 spiro atoms. The second kappa shape index (κ2) is 8.27. The van der Waals surface area contributed by atoms with Crippen LogP contribution in [0.15, 0.2) is 53.4 Å². The van der Waals surface area contributed by atoms with Gasteiger partial charge in [0.2, 0.25) is 9.84 Å². The lowest BCUT2D eigenvalue weighted by atomic mass is 9.92. The molecule has 1 saturated heterocycles. The summed E-state index contributed by atoms with van der Waals surface area (Å²) in [5.74, 6) is 1.39. The van der Waals surface area contributed by atoms with E-state index in [4.69, 9.17) is 4.98 Å². The predicted molar refractivity (Wildman–Crippen MR) is 121 cm³/mol. The van der Waals surface area contributed by atoms with Crippen LogP contribution in [0.5, 0.6) is 0 Å². The molecule has 0 bridgehead atoms. The van der Waals surface area contributed by atoms with Gasteiger partial charge in [0.05, 0.1) is 22.0 Å². The minimum Gasteiger partial charge on any atom is -0.354 e. The Bertz CT molecular complexity index is 1240. The lowest BCUT2D eigenvalue weighted by molar-refractivity contribution is 0.355. The maximum Gasteiger partial charge on any atom is 0.200 e. The fraction of sp³-hybridized carbons (Fsp3) is 0.375. The van der Waals surface area contributed by atoms with Gasteiger partial charge in [0.15, 0.2) is 11.1 Å². The van der Waals surface area contributed by atoms with Gasteiger partial charge in [-0.15, -0.1) is 0 Å². The van der Waals surface area contributed by atoms with Crippen molar-refractivity contribution in [2.75, 3.05) is 18.0 Å². The van der Waals surface area contributed by atoms with E-state index in [1.807, 2.05) is 31.2 Å². The molecule has 2 heterocycles. The Morgan fingerprint density at radius 1 is 1.00 bits per heavy atom. The SMILES string of the molecule is Cc1ccc(S(=O)(=O)[C@H](C#N)c2nc3ccccc3nc2N2C[C@@H](C)C[C@H](C)C2)cc1. The lowest BCUT2D eigenvalue weighted by Crippen LogP contribution is -2.40. The quantitative estimate of drug-likeness (QED) is 0.602. The number of para-hydroxylation sites is 2. The normalized spacial score (nSPS) is 20.4. The van der Waals surface area contributed by atoms with Crippen LogP contribution < -0.4 is 4.90 Å². The van der Waals surface area contributed by atoms with Gasteiger partial charge in [0.1, 0.15) is 5.69 Å². The molecule has 0 saturated carbocycles. The van der Waals surface area contributed by atoms with Crippen LogP contribution in [0.25, 0.3) is 11.0 Å². The highest BCUT2D eigenvalue weighted by molar-refractivity contribution is 7.92. The van der Waals surface area contributed by atoms with E-state index in [2.05, 4.69) is 23.7 Å². The smallest absolute Gasteiger partial charge is 0.200 e. The summed E-state index contributed by atoms with van der Waals surface area (Å²) in [4.78, 5) is 11.7. The predicted octanol–water partition coefficient (Wildman–Crippen LogP) is 4.46. The molecule has 7 heteroatoms. The molecule has 4 rings (SSSR count). The van der Waals surface area contributed by atoms with Crippen molar-refractivity contribution in [2.24, 2.45) is 11.8 Å². The number of piperidine rings is 1. The van der Waals surface area contributed by atoms with Crippen molar-refractivity contribution >= 4 is 26.7 Å². The van der Waals surface area contributed by atoms with Gasteiger partial charge in [0.25, 0.3) is 0 Å². The van der Waals surface area contributed by atoms with Crippen LogP contribution in [0, 0.1) is 30.1 Å². The van der Waals surface area contributed by atoms with Gasteiger partial charge in [-0.2, -0.15) is 5.26 Å². The maximum atomic E-state index is 13.5. The number of fused-ring (bicyclic) bond motifs is 1. The molecule has 0 aliphatic carbocycles. The van der Waals surface area contributed by atoms with E-state index < -0.39 is 15.1 Å². The second-order valence-corrected chi connectivity index (χ2v) is 10.7. The molecule has 3 atom stereocenters. The van der Waals surface area contributed by atoms with Crippen LogP contribution in [-0.2, 0) is 9.84 Å². The average Bonchev–Trinajstić information content (AvgIpc) is 2.73. The molecule has 31 heavy (non-hydrogen) atoms. The fourth-order valence-electron chi connectivity index (χ4n) is 4.39. The van der Waals surface area contributed by atoms with E-state index in [9.17, 15) is 13.7 Å². The highest BCUT2D eigenvalue weighted by atomic mass is 32.2. The molecule has 0 amide bonds. The molecule has 1 aromatic heterocycles. The third-order valence-corrected chi connectivity index (χ3v) is 7.65. The van der Waals surface area contributed by atoms with Gasteiger partial charge in [-0.1, -0.05) is 43.7 Å². The minimum absolute atomic E-state index is 0.117. The Kier molecular flexibility index (Phi) is 5.67. The Labute approximate surface area is 183 Å². The van der Waals surface area contributed by atoms with Gasteiger partial charge < -0.3 is 4.90 Å². The number of anilines is 1. The summed E-state index contributed by atoms with van der Waals surface area (Å²) in [6.07, 6.45) is 1.11. The third-order valence-electron chi connectivity index (χ3n) is 5.77. The third kappa shape index (κ3) is 4.13. The number of hydrogen-bond acceptors (Lipinski definition) is 6. The average molecular weight is 435 g/mol. The monoisotopic (exact) mass is 434 g/mol. The van der Waals surface area contributed by atoms with Gasteiger partial charge >= 0.3 is 0 Å². The van der Waals surface area contributed by atoms with Crippen molar-refractivity contribution in [3.05, 3.63) is 59.8 Å². The van der Waals surface area contributed by atoms with Crippen LogP contribution in [0.4, 0.5) is 5.82 Å². The summed E-state index contributed by atoms with van der Waals surface area (Å²) in [7, 11) is -3.97. The molecule has 2 aromatic carbocycles. The summed E-state index contributed by atoms with van der Waals surface area (Å²) in [5, 5.41) is 8.58. The Hall–Kier alpha value is -2.98. The molecular formula is C24H26N4O2S. The number of aromatic nitrogens is 2. The van der Waals surface area contributed by atoms with Crippen LogP contribution in [0.2, 0.25) is 0 Å². The standard InChI is InChI=1S/C24H26N4O2S/c1-16-8-10-19(11-9-16)31(29,30)22(13-25)23-24(28-14-17(2)12-18(3)15-28)27-21-7-5-4-6-20(21)26-23/h4-11,17-18,22H,12,14-15H2,1-3H3/t17-,18-,22+/m0/s1. The van der Waals surface area contributed by atoms with Crippen molar-refractivity contribution < 1.29 is 8.42 Å².